The van der Waals surface area contributed by atoms with Gasteiger partial charge in [-0.15, -0.1) is 0 Å². The molecule has 4 aromatic heterocycles. The van der Waals surface area contributed by atoms with Crippen molar-refractivity contribution < 1.29 is 4.42 Å². The lowest BCUT2D eigenvalue weighted by molar-refractivity contribution is 0.200. The summed E-state index contributed by atoms with van der Waals surface area (Å²) in [4.78, 5) is 24.4. The minimum Gasteiger partial charge on any atom is -0.448 e. The van der Waals surface area contributed by atoms with E-state index in [4.69, 9.17) is 9.40 Å². The summed E-state index contributed by atoms with van der Waals surface area (Å²) in [5.74, 6) is 1.38. The van der Waals surface area contributed by atoms with Gasteiger partial charge in [0.25, 0.3) is 0 Å². The van der Waals surface area contributed by atoms with E-state index in [2.05, 4.69) is 43.0 Å². The molecule has 7 heteroatoms. The first-order valence-corrected chi connectivity index (χ1v) is 9.89. The van der Waals surface area contributed by atoms with Gasteiger partial charge < -0.3 is 4.42 Å². The van der Waals surface area contributed by atoms with Gasteiger partial charge in [0.2, 0.25) is 0 Å². The number of pyridine rings is 2. The van der Waals surface area contributed by atoms with Gasteiger partial charge in [-0.3, -0.25) is 4.90 Å². The maximum atomic E-state index is 5.31. The zero-order valence-electron chi connectivity index (χ0n) is 16.3. The molecule has 0 N–H and O–H groups in total. The van der Waals surface area contributed by atoms with E-state index in [-0.39, 0.29) is 0 Å². The highest BCUT2D eigenvalue weighted by atomic mass is 16.3. The van der Waals surface area contributed by atoms with Crippen LogP contribution in [-0.4, -0.2) is 42.9 Å². The molecule has 29 heavy (non-hydrogen) atoms. The lowest BCUT2D eigenvalue weighted by Crippen LogP contribution is -2.33. The molecule has 0 radical (unpaired) electrons. The van der Waals surface area contributed by atoms with Crippen LogP contribution in [-0.2, 0) is 6.54 Å². The predicted molar refractivity (Wildman–Crippen MR) is 109 cm³/mol. The topological polar surface area (TPSA) is 80.8 Å². The minimum atomic E-state index is 0.470. The van der Waals surface area contributed by atoms with Crippen molar-refractivity contribution in [3.8, 4) is 11.1 Å². The summed E-state index contributed by atoms with van der Waals surface area (Å²) < 4.78 is 5.31. The van der Waals surface area contributed by atoms with Crippen LogP contribution in [0.25, 0.3) is 22.2 Å². The summed E-state index contributed by atoms with van der Waals surface area (Å²) in [5.41, 5.74) is 4.93. The van der Waals surface area contributed by atoms with Crippen LogP contribution in [0.4, 0.5) is 0 Å². The van der Waals surface area contributed by atoms with Gasteiger partial charge in [-0.1, -0.05) is 0 Å². The standard InChI is InChI=1S/C22H22N6O/c1-15-21(26-14-29-15)12-28-6-4-16(5-7-28)20-3-2-17-8-18(11-25-22(17)27-20)19-9-23-13-24-10-19/h2-3,8-11,13-14,16H,4-7,12H2,1H3. The molecule has 0 aliphatic carbocycles. The lowest BCUT2D eigenvalue weighted by Gasteiger charge is -2.31. The van der Waals surface area contributed by atoms with Gasteiger partial charge >= 0.3 is 0 Å². The van der Waals surface area contributed by atoms with Crippen molar-refractivity contribution in [1.29, 1.82) is 0 Å². The molecular formula is C22H22N6O. The Morgan fingerprint density at radius 3 is 2.62 bits per heavy atom. The number of oxazole rings is 1. The highest BCUT2D eigenvalue weighted by Crippen LogP contribution is 2.29. The number of piperidine rings is 1. The Morgan fingerprint density at radius 2 is 1.86 bits per heavy atom. The third-order valence-corrected chi connectivity index (χ3v) is 5.68. The Labute approximate surface area is 168 Å². The average Bonchev–Trinajstić information content (AvgIpc) is 3.18. The molecule has 1 fully saturated rings. The summed E-state index contributed by atoms with van der Waals surface area (Å²) in [6.45, 7) is 4.90. The first kappa shape index (κ1) is 17.9. The molecule has 0 bridgehead atoms. The Morgan fingerprint density at radius 1 is 1.03 bits per heavy atom. The van der Waals surface area contributed by atoms with Gasteiger partial charge in [0.15, 0.2) is 12.0 Å². The largest absolute Gasteiger partial charge is 0.448 e. The highest BCUT2D eigenvalue weighted by molar-refractivity contribution is 5.80. The van der Waals surface area contributed by atoms with E-state index in [1.807, 2.05) is 13.1 Å². The monoisotopic (exact) mass is 386 g/mol. The molecule has 1 aliphatic rings. The molecular weight excluding hydrogens is 364 g/mol. The van der Waals surface area contributed by atoms with Crippen LogP contribution in [0.5, 0.6) is 0 Å². The summed E-state index contributed by atoms with van der Waals surface area (Å²) in [7, 11) is 0. The number of aryl methyl sites for hydroxylation is 1. The maximum Gasteiger partial charge on any atom is 0.181 e. The number of likely N-dealkylation sites (tertiary alicyclic amines) is 1. The molecule has 146 valence electrons. The smallest absolute Gasteiger partial charge is 0.181 e. The average molecular weight is 386 g/mol. The van der Waals surface area contributed by atoms with Gasteiger partial charge in [0, 0.05) is 53.3 Å². The number of hydrogen-bond donors (Lipinski definition) is 0. The zero-order chi connectivity index (χ0) is 19.6. The molecule has 0 atom stereocenters. The normalized spacial score (nSPS) is 15.8. The Bertz CT molecular complexity index is 1120. The number of rotatable bonds is 4. The molecule has 0 aromatic carbocycles. The fourth-order valence-electron chi connectivity index (χ4n) is 3.94. The van der Waals surface area contributed by atoms with Crippen molar-refractivity contribution >= 4 is 11.0 Å². The molecule has 0 spiro atoms. The lowest BCUT2D eigenvalue weighted by atomic mass is 9.92. The molecule has 0 unspecified atom stereocenters. The number of fused-ring (bicyclic) bond motifs is 1. The van der Waals surface area contributed by atoms with Crippen LogP contribution in [0.2, 0.25) is 0 Å². The molecule has 5 heterocycles. The predicted octanol–water partition coefficient (Wildman–Crippen LogP) is 3.76. The van der Waals surface area contributed by atoms with Gasteiger partial charge in [-0.2, -0.15) is 0 Å². The second-order valence-electron chi connectivity index (χ2n) is 7.54. The van der Waals surface area contributed by atoms with Crippen molar-refractivity contribution in [3.63, 3.8) is 0 Å². The summed E-state index contributed by atoms with van der Waals surface area (Å²) in [5, 5.41) is 1.04. The molecule has 0 amide bonds. The summed E-state index contributed by atoms with van der Waals surface area (Å²) in [6.07, 6.45) is 10.7. The summed E-state index contributed by atoms with van der Waals surface area (Å²) >= 11 is 0. The highest BCUT2D eigenvalue weighted by Gasteiger charge is 2.23. The maximum absolute atomic E-state index is 5.31. The van der Waals surface area contributed by atoms with Crippen LogP contribution >= 0.6 is 0 Å². The number of nitrogens with zero attached hydrogens (tertiary/aromatic N) is 6. The SMILES string of the molecule is Cc1ocnc1CN1CCC(c2ccc3cc(-c4cncnc4)cnc3n2)CC1. The third-order valence-electron chi connectivity index (χ3n) is 5.68. The number of aromatic nitrogens is 5. The van der Waals surface area contributed by atoms with E-state index in [1.54, 1.807) is 12.4 Å². The van der Waals surface area contributed by atoms with E-state index in [1.165, 1.54) is 12.7 Å². The van der Waals surface area contributed by atoms with Gasteiger partial charge in [-0.25, -0.2) is 24.9 Å². The Hall–Kier alpha value is -3.19. The van der Waals surface area contributed by atoms with E-state index in [0.29, 0.717) is 5.92 Å². The molecule has 0 saturated carbocycles. The second-order valence-corrected chi connectivity index (χ2v) is 7.54. The number of hydrogen-bond acceptors (Lipinski definition) is 7. The first-order chi connectivity index (χ1) is 14.3. The van der Waals surface area contributed by atoms with Crippen molar-refractivity contribution in [1.82, 2.24) is 29.8 Å². The quantitative estimate of drug-likeness (QED) is 0.528. The van der Waals surface area contributed by atoms with E-state index in [9.17, 15) is 0 Å². The van der Waals surface area contributed by atoms with Gasteiger partial charge in [0.05, 0.1) is 5.69 Å². The second kappa shape index (κ2) is 7.67. The first-order valence-electron chi connectivity index (χ1n) is 9.89. The molecule has 4 aromatic rings. The van der Waals surface area contributed by atoms with Crippen LogP contribution in [0, 0.1) is 6.92 Å². The van der Waals surface area contributed by atoms with Crippen LogP contribution in [0.1, 0.15) is 35.9 Å². The molecule has 5 rings (SSSR count). The van der Waals surface area contributed by atoms with Crippen molar-refractivity contribution in [2.75, 3.05) is 13.1 Å². The Balaban J connectivity index is 1.29. The third kappa shape index (κ3) is 3.73. The van der Waals surface area contributed by atoms with E-state index < -0.39 is 0 Å². The zero-order valence-corrected chi connectivity index (χ0v) is 16.3. The molecule has 7 nitrogen and oxygen atoms in total. The van der Waals surface area contributed by atoms with Crippen LogP contribution in [0.3, 0.4) is 0 Å². The molecule has 1 saturated heterocycles. The van der Waals surface area contributed by atoms with Gasteiger partial charge in [0.1, 0.15) is 12.1 Å². The summed E-state index contributed by atoms with van der Waals surface area (Å²) in [6, 6.07) is 6.38. The fraction of sp³-hybridized carbons (Fsp3) is 0.318. The molecule has 1 aliphatic heterocycles. The van der Waals surface area contributed by atoms with Gasteiger partial charge in [-0.05, 0) is 51.1 Å². The van der Waals surface area contributed by atoms with E-state index in [0.717, 1.165) is 71.8 Å². The van der Waals surface area contributed by atoms with Crippen molar-refractivity contribution in [2.24, 2.45) is 0 Å². The van der Waals surface area contributed by atoms with E-state index >= 15 is 0 Å². The van der Waals surface area contributed by atoms with Crippen molar-refractivity contribution in [3.05, 3.63) is 66.7 Å². The fourth-order valence-corrected chi connectivity index (χ4v) is 3.94. The van der Waals surface area contributed by atoms with Crippen LogP contribution < -0.4 is 0 Å². The Kier molecular flexibility index (Phi) is 4.73. The minimum absolute atomic E-state index is 0.470. The van der Waals surface area contributed by atoms with Crippen molar-refractivity contribution in [2.45, 2.75) is 32.2 Å². The van der Waals surface area contributed by atoms with Crippen LogP contribution in [0.15, 0.2) is 53.9 Å².